The van der Waals surface area contributed by atoms with Crippen molar-refractivity contribution in [2.75, 3.05) is 27.7 Å². The van der Waals surface area contributed by atoms with Crippen LogP contribution in [0.2, 0.25) is 0 Å². The first-order valence-corrected chi connectivity index (χ1v) is 3.60. The van der Waals surface area contributed by atoms with Crippen LogP contribution in [-0.4, -0.2) is 33.7 Å². The Bertz CT molecular complexity index is 113. The van der Waals surface area contributed by atoms with Crippen molar-refractivity contribution in [1.29, 1.82) is 0 Å². The molecule has 0 aromatic carbocycles. The van der Waals surface area contributed by atoms with Gasteiger partial charge in [-0.2, -0.15) is 0 Å². The number of carbonyl (C=O) groups excluding carboxylic acids is 1. The molecular formula is C8H18BrNO2. The molecule has 0 aliphatic heterocycles. The van der Waals surface area contributed by atoms with Gasteiger partial charge in [-0.1, -0.05) is 6.58 Å². The summed E-state index contributed by atoms with van der Waals surface area (Å²) in [5, 5.41) is 0. The van der Waals surface area contributed by atoms with Crippen molar-refractivity contribution in [2.45, 2.75) is 6.92 Å². The van der Waals surface area contributed by atoms with E-state index in [2.05, 4.69) is 32.5 Å². The lowest BCUT2D eigenvalue weighted by Crippen LogP contribution is -3.02. The average molecular weight is 240 g/mol. The first-order valence-electron chi connectivity index (χ1n) is 3.60. The van der Waals surface area contributed by atoms with Crippen molar-refractivity contribution in [1.82, 2.24) is 0 Å². The minimum absolute atomic E-state index is 0. The minimum atomic E-state index is -0.359. The van der Waals surface area contributed by atoms with E-state index in [1.165, 1.54) is 4.90 Å². The van der Waals surface area contributed by atoms with E-state index in [-0.39, 0.29) is 23.0 Å². The number of hydrogen-bond acceptors (Lipinski definition) is 2. The van der Waals surface area contributed by atoms with Crippen LogP contribution in [0.25, 0.3) is 0 Å². The normalized spacial score (nSPS) is 7.42. The van der Waals surface area contributed by atoms with E-state index in [9.17, 15) is 4.79 Å². The molecule has 4 heteroatoms. The van der Waals surface area contributed by atoms with Gasteiger partial charge in [-0.15, -0.1) is 0 Å². The minimum Gasteiger partial charge on any atom is -1.00 e. The maximum atomic E-state index is 10.1. The van der Waals surface area contributed by atoms with Crippen molar-refractivity contribution in [3.63, 3.8) is 0 Å². The molecular weight excluding hydrogens is 222 g/mol. The van der Waals surface area contributed by atoms with Gasteiger partial charge in [-0.25, -0.2) is 4.79 Å². The van der Waals surface area contributed by atoms with Gasteiger partial charge in [0, 0.05) is 6.08 Å². The Morgan fingerprint density at radius 1 is 1.50 bits per heavy atom. The summed E-state index contributed by atoms with van der Waals surface area (Å²) in [6.45, 7) is 5.38. The van der Waals surface area contributed by atoms with Gasteiger partial charge in [0.15, 0.2) is 0 Å². The highest BCUT2D eigenvalue weighted by atomic mass is 79.9. The molecule has 0 spiro atoms. The van der Waals surface area contributed by atoms with Crippen LogP contribution < -0.4 is 21.9 Å². The van der Waals surface area contributed by atoms with Gasteiger partial charge < -0.3 is 26.6 Å². The highest BCUT2D eigenvalue weighted by molar-refractivity contribution is 5.81. The van der Waals surface area contributed by atoms with Crippen LogP contribution in [0.1, 0.15) is 6.92 Å². The summed E-state index contributed by atoms with van der Waals surface area (Å²) >= 11 is 0. The molecule has 0 amide bonds. The van der Waals surface area contributed by atoms with Crippen molar-refractivity contribution in [3.8, 4) is 0 Å². The zero-order valence-electron chi connectivity index (χ0n) is 8.19. The Morgan fingerprint density at radius 3 is 1.92 bits per heavy atom. The smallest absolute Gasteiger partial charge is 0.330 e. The van der Waals surface area contributed by atoms with Crippen LogP contribution in [0.3, 0.4) is 0 Å². The molecule has 0 rings (SSSR count). The topological polar surface area (TPSA) is 30.7 Å². The fourth-order valence-electron chi connectivity index (χ4n) is 0.201. The molecule has 0 heterocycles. The number of halogens is 1. The van der Waals surface area contributed by atoms with E-state index in [1.54, 1.807) is 6.92 Å². The Morgan fingerprint density at radius 2 is 1.83 bits per heavy atom. The van der Waals surface area contributed by atoms with Gasteiger partial charge in [-0.3, -0.25) is 0 Å². The highest BCUT2D eigenvalue weighted by Crippen LogP contribution is 1.74. The molecule has 3 nitrogen and oxygen atoms in total. The number of rotatable bonds is 2. The lowest BCUT2D eigenvalue weighted by Gasteiger charge is -1.90. The number of nitrogens with one attached hydrogen (secondary N) is 1. The summed E-state index contributed by atoms with van der Waals surface area (Å²) in [4.78, 5) is 11.5. The van der Waals surface area contributed by atoms with Crippen molar-refractivity contribution < 1.29 is 31.4 Å². The zero-order chi connectivity index (χ0) is 9.28. The summed E-state index contributed by atoms with van der Waals surface area (Å²) in [6, 6.07) is 0. The highest BCUT2D eigenvalue weighted by Gasteiger charge is 1.86. The maximum absolute atomic E-state index is 10.1. The number of carbonyl (C=O) groups is 1. The predicted octanol–water partition coefficient (Wildman–Crippen LogP) is -3.50. The third-order valence-corrected chi connectivity index (χ3v) is 0.453. The van der Waals surface area contributed by atoms with Gasteiger partial charge in [0.1, 0.15) is 0 Å². The first kappa shape index (κ1) is 17.7. The van der Waals surface area contributed by atoms with Crippen LogP contribution in [0.4, 0.5) is 0 Å². The van der Waals surface area contributed by atoms with E-state index in [4.69, 9.17) is 0 Å². The Kier molecular flexibility index (Phi) is 19.5. The summed E-state index contributed by atoms with van der Waals surface area (Å²) in [5.41, 5.74) is 0. The number of ether oxygens (including phenoxy) is 1. The van der Waals surface area contributed by atoms with E-state index >= 15 is 0 Å². The summed E-state index contributed by atoms with van der Waals surface area (Å²) in [5.74, 6) is -0.359. The summed E-state index contributed by atoms with van der Waals surface area (Å²) < 4.78 is 4.43. The molecule has 74 valence electrons. The predicted molar refractivity (Wildman–Crippen MR) is 45.6 cm³/mol. The molecule has 0 unspecified atom stereocenters. The third-order valence-electron chi connectivity index (χ3n) is 0.453. The Balaban J connectivity index is -0.000000142. The quantitative estimate of drug-likeness (QED) is 0.401. The molecule has 0 aromatic rings. The molecule has 1 N–H and O–H groups in total. The van der Waals surface area contributed by atoms with E-state index < -0.39 is 0 Å². The lowest BCUT2D eigenvalue weighted by molar-refractivity contribution is -0.836. The van der Waals surface area contributed by atoms with Crippen LogP contribution in [-0.2, 0) is 9.53 Å². The van der Waals surface area contributed by atoms with Crippen LogP contribution in [0.5, 0.6) is 0 Å². The second kappa shape index (κ2) is 13.3. The Hall–Kier alpha value is -0.350. The lowest BCUT2D eigenvalue weighted by atomic mass is 10.6. The molecule has 0 saturated carbocycles. The molecule has 0 aromatic heterocycles. The van der Waals surface area contributed by atoms with Gasteiger partial charge in [-0.05, 0) is 6.92 Å². The molecule has 0 atom stereocenters. The van der Waals surface area contributed by atoms with Crippen LogP contribution in [0, 0.1) is 0 Å². The van der Waals surface area contributed by atoms with E-state index in [0.717, 1.165) is 6.08 Å². The molecule has 0 aliphatic rings. The van der Waals surface area contributed by atoms with Crippen molar-refractivity contribution in [2.24, 2.45) is 0 Å². The second-order valence-corrected chi connectivity index (χ2v) is 2.46. The van der Waals surface area contributed by atoms with Gasteiger partial charge in [0.25, 0.3) is 0 Å². The largest absolute Gasteiger partial charge is 1.00 e. The maximum Gasteiger partial charge on any atom is 0.330 e. The van der Waals surface area contributed by atoms with Gasteiger partial charge >= 0.3 is 5.97 Å². The third kappa shape index (κ3) is 33.4. The van der Waals surface area contributed by atoms with Gasteiger partial charge in [0.05, 0.1) is 27.7 Å². The number of esters is 1. The van der Waals surface area contributed by atoms with Crippen LogP contribution >= 0.6 is 0 Å². The average Bonchev–Trinajstić information content (AvgIpc) is 1.87. The number of quaternary nitrogens is 1. The first-order chi connectivity index (χ1) is 5.04. The standard InChI is InChI=1S/C5H8O2.C3H9N.BrH/c1-3-5(6)7-4-2;1-4(2)3;/h3H,1,4H2,2H3;1-3H3;1H. The molecule has 0 bridgehead atoms. The number of hydrogen-bond donors (Lipinski definition) is 1. The molecule has 0 aliphatic carbocycles. The Labute approximate surface area is 85.2 Å². The zero-order valence-corrected chi connectivity index (χ0v) is 9.77. The van der Waals surface area contributed by atoms with Gasteiger partial charge in [0.2, 0.25) is 0 Å². The molecule has 12 heavy (non-hydrogen) atoms. The van der Waals surface area contributed by atoms with Crippen molar-refractivity contribution in [3.05, 3.63) is 12.7 Å². The SMILES string of the molecule is C=CC(=O)OCC.C[NH+](C)C.[Br-]. The monoisotopic (exact) mass is 239 g/mol. The molecule has 0 fully saturated rings. The summed E-state index contributed by atoms with van der Waals surface area (Å²) in [7, 11) is 6.25. The van der Waals surface area contributed by atoms with Crippen molar-refractivity contribution >= 4 is 5.97 Å². The fourth-order valence-corrected chi connectivity index (χ4v) is 0.201. The second-order valence-electron chi connectivity index (χ2n) is 2.46. The van der Waals surface area contributed by atoms with E-state index in [1.807, 2.05) is 0 Å². The molecule has 0 saturated heterocycles. The van der Waals surface area contributed by atoms with E-state index in [0.29, 0.717) is 6.61 Å². The fraction of sp³-hybridized carbons (Fsp3) is 0.625. The van der Waals surface area contributed by atoms with Crippen LogP contribution in [0.15, 0.2) is 12.7 Å². The summed E-state index contributed by atoms with van der Waals surface area (Å²) in [6.07, 6.45) is 1.14. The molecule has 0 radical (unpaired) electrons.